The molecular weight excluding hydrogens is 378 g/mol. The van der Waals surface area contributed by atoms with Gasteiger partial charge in [-0.1, -0.05) is 24.3 Å². The first-order valence-electron chi connectivity index (χ1n) is 11.3. The Kier molecular flexibility index (Phi) is 5.37. The van der Waals surface area contributed by atoms with Crippen molar-refractivity contribution in [2.75, 3.05) is 19.8 Å². The molecule has 3 aliphatic rings. The summed E-state index contributed by atoms with van der Waals surface area (Å²) in [7, 11) is 0. The molecule has 2 fully saturated rings. The topological polar surface area (TPSA) is 56.6 Å². The van der Waals surface area contributed by atoms with Crippen LogP contribution in [0.1, 0.15) is 43.7 Å². The average molecular weight is 410 g/mol. The fourth-order valence-electron chi connectivity index (χ4n) is 5.91. The van der Waals surface area contributed by atoms with Crippen molar-refractivity contribution in [2.24, 2.45) is 5.92 Å². The molecule has 0 amide bonds. The lowest BCUT2D eigenvalue weighted by Gasteiger charge is -2.49. The number of hydrogen-bond acceptors (Lipinski definition) is 5. The van der Waals surface area contributed by atoms with E-state index in [0.717, 1.165) is 32.4 Å². The number of carbonyl (C=O) groups excluding carboxylic acids is 1. The van der Waals surface area contributed by atoms with Gasteiger partial charge in [0, 0.05) is 31.0 Å². The first-order chi connectivity index (χ1) is 14.7. The van der Waals surface area contributed by atoms with Gasteiger partial charge in [0.05, 0.1) is 31.3 Å². The summed E-state index contributed by atoms with van der Waals surface area (Å²) in [5, 5.41) is 4.31. The molecule has 1 aromatic heterocycles. The third-order valence-electron chi connectivity index (χ3n) is 7.18. The second kappa shape index (κ2) is 8.16. The van der Waals surface area contributed by atoms with Gasteiger partial charge in [0.25, 0.3) is 0 Å². The van der Waals surface area contributed by atoms with E-state index in [-0.39, 0.29) is 17.5 Å². The van der Waals surface area contributed by atoms with Crippen molar-refractivity contribution in [3.8, 4) is 0 Å². The van der Waals surface area contributed by atoms with Gasteiger partial charge in [0.1, 0.15) is 0 Å². The summed E-state index contributed by atoms with van der Waals surface area (Å²) in [5.41, 5.74) is 2.68. The molecule has 160 valence electrons. The van der Waals surface area contributed by atoms with Crippen LogP contribution in [0.2, 0.25) is 0 Å². The predicted octanol–water partition coefficient (Wildman–Crippen LogP) is 3.16. The van der Waals surface area contributed by atoms with Crippen LogP contribution in [0.4, 0.5) is 0 Å². The van der Waals surface area contributed by atoms with Crippen molar-refractivity contribution < 1.29 is 14.3 Å². The molecule has 0 N–H and O–H groups in total. The molecule has 0 aliphatic carbocycles. The van der Waals surface area contributed by atoms with Gasteiger partial charge in [-0.05, 0) is 56.2 Å². The normalized spacial score (nSPS) is 29.0. The fraction of sp³-hybridized carbons (Fsp3) is 0.583. The van der Waals surface area contributed by atoms with E-state index in [4.69, 9.17) is 9.47 Å². The smallest absolute Gasteiger partial charge is 0.312 e. The molecule has 2 bridgehead atoms. The van der Waals surface area contributed by atoms with Gasteiger partial charge in [-0.25, -0.2) is 0 Å². The summed E-state index contributed by atoms with van der Waals surface area (Å²) >= 11 is 0. The van der Waals surface area contributed by atoms with Gasteiger partial charge in [-0.2, -0.15) is 5.10 Å². The highest BCUT2D eigenvalue weighted by atomic mass is 16.5. The Morgan fingerprint density at radius 1 is 1.23 bits per heavy atom. The number of nitrogens with zero attached hydrogens (tertiary/aromatic N) is 3. The maximum absolute atomic E-state index is 12.7. The lowest BCUT2D eigenvalue weighted by molar-refractivity contribution is -0.151. The van der Waals surface area contributed by atoms with E-state index in [0.29, 0.717) is 25.2 Å². The zero-order valence-electron chi connectivity index (χ0n) is 17.7. The third-order valence-corrected chi connectivity index (χ3v) is 7.18. The predicted molar refractivity (Wildman–Crippen MR) is 113 cm³/mol. The Bertz CT molecular complexity index is 868. The summed E-state index contributed by atoms with van der Waals surface area (Å²) in [6.45, 7) is 4.38. The van der Waals surface area contributed by atoms with Crippen molar-refractivity contribution in [1.29, 1.82) is 0 Å². The first kappa shape index (κ1) is 19.8. The largest absolute Gasteiger partial charge is 0.466 e. The SMILES string of the molecule is CCOC(=O)C(CN1C2CCC1CC1(C2)OCCc2ccccc21)Cn1cccn1. The molecular formula is C24H31N3O3. The maximum Gasteiger partial charge on any atom is 0.312 e. The lowest BCUT2D eigenvalue weighted by Crippen LogP contribution is -2.54. The van der Waals surface area contributed by atoms with E-state index in [2.05, 4.69) is 34.3 Å². The van der Waals surface area contributed by atoms with Crippen molar-refractivity contribution in [1.82, 2.24) is 14.7 Å². The van der Waals surface area contributed by atoms with E-state index in [1.165, 1.54) is 24.0 Å². The molecule has 1 spiro atoms. The monoisotopic (exact) mass is 409 g/mol. The number of aromatic nitrogens is 2. The van der Waals surface area contributed by atoms with Crippen LogP contribution in [-0.2, 0) is 32.8 Å². The zero-order chi connectivity index (χ0) is 20.6. The summed E-state index contributed by atoms with van der Waals surface area (Å²) in [6, 6.07) is 11.6. The number of fused-ring (bicyclic) bond motifs is 4. The number of esters is 1. The van der Waals surface area contributed by atoms with Gasteiger partial charge in [0.15, 0.2) is 0 Å². The summed E-state index contributed by atoms with van der Waals surface area (Å²) in [5.74, 6) is -0.325. The summed E-state index contributed by atoms with van der Waals surface area (Å²) < 4.78 is 13.8. The molecule has 6 heteroatoms. The van der Waals surface area contributed by atoms with Gasteiger partial charge < -0.3 is 9.47 Å². The van der Waals surface area contributed by atoms with Crippen molar-refractivity contribution in [2.45, 2.75) is 63.3 Å². The molecule has 6 nitrogen and oxygen atoms in total. The number of benzene rings is 1. The fourth-order valence-corrected chi connectivity index (χ4v) is 5.91. The molecule has 5 rings (SSSR count). The second-order valence-electron chi connectivity index (χ2n) is 8.92. The highest BCUT2D eigenvalue weighted by Gasteiger charge is 2.52. The Hall–Kier alpha value is -2.18. The molecule has 1 aromatic carbocycles. The number of hydrogen-bond donors (Lipinski definition) is 0. The minimum atomic E-state index is -0.207. The van der Waals surface area contributed by atoms with Crippen molar-refractivity contribution >= 4 is 5.97 Å². The molecule has 3 aliphatic heterocycles. The van der Waals surface area contributed by atoms with Crippen LogP contribution >= 0.6 is 0 Å². The molecule has 4 heterocycles. The second-order valence-corrected chi connectivity index (χ2v) is 8.92. The first-order valence-corrected chi connectivity index (χ1v) is 11.3. The zero-order valence-corrected chi connectivity index (χ0v) is 17.7. The number of piperidine rings is 1. The van der Waals surface area contributed by atoms with E-state index >= 15 is 0 Å². The Morgan fingerprint density at radius 2 is 2.03 bits per heavy atom. The third kappa shape index (κ3) is 3.56. The number of carbonyl (C=O) groups is 1. The minimum absolute atomic E-state index is 0.119. The van der Waals surface area contributed by atoms with Crippen LogP contribution in [0.15, 0.2) is 42.7 Å². The standard InChI is InChI=1S/C24H31N3O3/c1-2-29-23(28)19(16-26-12-5-11-25-26)17-27-20-8-9-21(27)15-24(14-20)22-7-4-3-6-18(22)10-13-30-24/h3-7,11-12,19-21H,2,8-10,13-17H2,1H3. The van der Waals surface area contributed by atoms with Crippen LogP contribution in [-0.4, -0.2) is 52.5 Å². The molecule has 3 unspecified atom stereocenters. The Labute approximate surface area is 178 Å². The van der Waals surface area contributed by atoms with Crippen LogP contribution in [0.3, 0.4) is 0 Å². The lowest BCUT2D eigenvalue weighted by atomic mass is 9.76. The number of ether oxygens (including phenoxy) is 2. The maximum atomic E-state index is 12.7. The van der Waals surface area contributed by atoms with Gasteiger partial charge >= 0.3 is 5.97 Å². The minimum Gasteiger partial charge on any atom is -0.466 e. The quantitative estimate of drug-likeness (QED) is 0.686. The molecule has 0 radical (unpaired) electrons. The van der Waals surface area contributed by atoms with Gasteiger partial charge in [0.2, 0.25) is 0 Å². The van der Waals surface area contributed by atoms with Crippen LogP contribution in [0, 0.1) is 5.92 Å². The van der Waals surface area contributed by atoms with E-state index in [1.807, 2.05) is 23.9 Å². The highest BCUT2D eigenvalue weighted by Crippen LogP contribution is 2.50. The average Bonchev–Trinajstić information content (AvgIpc) is 3.35. The van der Waals surface area contributed by atoms with E-state index < -0.39 is 0 Å². The van der Waals surface area contributed by atoms with Crippen molar-refractivity contribution in [3.05, 3.63) is 53.9 Å². The molecule has 2 saturated heterocycles. The molecule has 0 saturated carbocycles. The highest BCUT2D eigenvalue weighted by molar-refractivity contribution is 5.72. The van der Waals surface area contributed by atoms with Crippen LogP contribution in [0.25, 0.3) is 0 Å². The Morgan fingerprint density at radius 3 is 2.77 bits per heavy atom. The van der Waals surface area contributed by atoms with Gasteiger partial charge in [-0.3, -0.25) is 14.4 Å². The molecule has 30 heavy (non-hydrogen) atoms. The Balaban J connectivity index is 1.35. The van der Waals surface area contributed by atoms with E-state index in [1.54, 1.807) is 6.20 Å². The summed E-state index contributed by atoms with van der Waals surface area (Å²) in [4.78, 5) is 15.3. The van der Waals surface area contributed by atoms with E-state index in [9.17, 15) is 4.79 Å². The van der Waals surface area contributed by atoms with Gasteiger partial charge in [-0.15, -0.1) is 0 Å². The molecule has 3 atom stereocenters. The van der Waals surface area contributed by atoms with Crippen molar-refractivity contribution in [3.63, 3.8) is 0 Å². The van der Waals surface area contributed by atoms with Crippen LogP contribution in [0.5, 0.6) is 0 Å². The summed E-state index contributed by atoms with van der Waals surface area (Å²) in [6.07, 6.45) is 9.05. The van der Waals surface area contributed by atoms with Crippen LogP contribution < -0.4 is 0 Å². The number of rotatable bonds is 6. The molecule has 2 aromatic rings.